The number of pyridine rings is 1. The summed E-state index contributed by atoms with van der Waals surface area (Å²) in [4.78, 5) is 11.0. The summed E-state index contributed by atoms with van der Waals surface area (Å²) in [5.74, 6) is 0. The van der Waals surface area contributed by atoms with Crippen LogP contribution in [-0.4, -0.2) is 34.0 Å². The molecule has 136 valence electrons. The zero-order chi connectivity index (χ0) is 18.9. The summed E-state index contributed by atoms with van der Waals surface area (Å²) in [5, 5.41) is 19.9. The van der Waals surface area contributed by atoms with E-state index < -0.39 is 14.9 Å². The van der Waals surface area contributed by atoms with Crippen molar-refractivity contribution in [1.29, 1.82) is 0 Å². The zero-order valence-electron chi connectivity index (χ0n) is 13.9. The summed E-state index contributed by atoms with van der Waals surface area (Å²) < 4.78 is 28.6. The molecular formula is C15H15N5O4S2. The fraction of sp³-hybridized carbons (Fsp3) is 0.200. The molecule has 2 aromatic heterocycles. The summed E-state index contributed by atoms with van der Waals surface area (Å²) in [6, 6.07) is 8.83. The van der Waals surface area contributed by atoms with Crippen LogP contribution in [0.5, 0.6) is 0 Å². The second-order valence-electron chi connectivity index (χ2n) is 5.68. The minimum atomic E-state index is -3.83. The Balaban J connectivity index is 2.01. The molecule has 26 heavy (non-hydrogen) atoms. The molecule has 1 aromatic carbocycles. The van der Waals surface area contributed by atoms with Crippen LogP contribution in [0.3, 0.4) is 0 Å². The van der Waals surface area contributed by atoms with Crippen molar-refractivity contribution in [3.63, 3.8) is 0 Å². The summed E-state index contributed by atoms with van der Waals surface area (Å²) in [6.07, 6.45) is 1.74. The number of nitrogens with zero attached hydrogens (tertiary/aromatic N) is 4. The Labute approximate surface area is 153 Å². The minimum absolute atomic E-state index is 0.159. The monoisotopic (exact) mass is 393 g/mol. The Bertz CT molecular complexity index is 1080. The van der Waals surface area contributed by atoms with Gasteiger partial charge in [-0.2, -0.15) is 0 Å². The molecule has 0 radical (unpaired) electrons. The predicted octanol–water partition coefficient (Wildman–Crippen LogP) is 2.48. The van der Waals surface area contributed by atoms with Crippen LogP contribution in [0, 0.1) is 10.1 Å². The topological polar surface area (TPSA) is 120 Å². The van der Waals surface area contributed by atoms with Gasteiger partial charge in [0.2, 0.25) is 15.2 Å². The molecule has 0 spiro atoms. The Morgan fingerprint density at radius 1 is 1.23 bits per heavy atom. The molecule has 0 aliphatic heterocycles. The molecule has 0 bridgehead atoms. The van der Waals surface area contributed by atoms with Gasteiger partial charge in [-0.25, -0.2) is 13.1 Å². The molecule has 3 rings (SSSR count). The third-order valence-corrected chi connectivity index (χ3v) is 5.99. The van der Waals surface area contributed by atoms with Gasteiger partial charge in [-0.1, -0.05) is 6.07 Å². The van der Waals surface area contributed by atoms with Gasteiger partial charge in [-0.15, -0.1) is 10.2 Å². The fourth-order valence-corrected chi connectivity index (χ4v) is 4.43. The van der Waals surface area contributed by atoms with Crippen LogP contribution < -0.4 is 4.72 Å². The summed E-state index contributed by atoms with van der Waals surface area (Å²) >= 11 is 1.04. The number of rotatable bonds is 6. The largest absolute Gasteiger partial charge is 0.284 e. The van der Waals surface area contributed by atoms with Crippen molar-refractivity contribution in [3.8, 4) is 0 Å². The first-order chi connectivity index (χ1) is 12.3. The van der Waals surface area contributed by atoms with Gasteiger partial charge in [0.25, 0.3) is 5.69 Å². The SMILES string of the molecule is CC(C)NS(=O)(=O)c1ccc(Sc2nnc3ccccn23)c([N+](=O)[O-])c1. The Morgan fingerprint density at radius 3 is 2.69 bits per heavy atom. The number of aromatic nitrogens is 3. The first-order valence-electron chi connectivity index (χ1n) is 7.56. The molecule has 0 atom stereocenters. The van der Waals surface area contributed by atoms with Gasteiger partial charge < -0.3 is 0 Å². The van der Waals surface area contributed by atoms with Gasteiger partial charge in [-0.05, 0) is 49.9 Å². The lowest BCUT2D eigenvalue weighted by atomic mass is 10.3. The maximum atomic E-state index is 12.3. The van der Waals surface area contributed by atoms with Crippen LogP contribution in [0.2, 0.25) is 0 Å². The lowest BCUT2D eigenvalue weighted by Crippen LogP contribution is -2.30. The average molecular weight is 393 g/mol. The molecule has 9 nitrogen and oxygen atoms in total. The van der Waals surface area contributed by atoms with Gasteiger partial charge >= 0.3 is 0 Å². The van der Waals surface area contributed by atoms with Crippen LogP contribution in [0.15, 0.2) is 57.5 Å². The van der Waals surface area contributed by atoms with Crippen LogP contribution in [0.25, 0.3) is 5.65 Å². The van der Waals surface area contributed by atoms with Crippen LogP contribution in [-0.2, 0) is 10.0 Å². The average Bonchev–Trinajstić information content (AvgIpc) is 2.97. The smallest absolute Gasteiger partial charge is 0.277 e. The summed E-state index contributed by atoms with van der Waals surface area (Å²) in [5.41, 5.74) is 0.298. The van der Waals surface area contributed by atoms with E-state index in [1.165, 1.54) is 12.1 Å². The van der Waals surface area contributed by atoms with Crippen molar-refractivity contribution in [1.82, 2.24) is 19.3 Å². The number of nitro benzene ring substituents is 1. The fourth-order valence-electron chi connectivity index (χ4n) is 2.26. The van der Waals surface area contributed by atoms with Gasteiger partial charge in [0, 0.05) is 18.3 Å². The number of fused-ring (bicyclic) bond motifs is 1. The van der Waals surface area contributed by atoms with Gasteiger partial charge in [0.15, 0.2) is 5.65 Å². The minimum Gasteiger partial charge on any atom is -0.277 e. The van der Waals surface area contributed by atoms with Crippen molar-refractivity contribution in [2.24, 2.45) is 0 Å². The highest BCUT2D eigenvalue weighted by atomic mass is 32.2. The quantitative estimate of drug-likeness (QED) is 0.504. The van der Waals surface area contributed by atoms with Gasteiger partial charge in [0.1, 0.15) is 0 Å². The van der Waals surface area contributed by atoms with E-state index in [0.717, 1.165) is 17.8 Å². The van der Waals surface area contributed by atoms with Crippen molar-refractivity contribution in [2.45, 2.75) is 34.8 Å². The Kier molecular flexibility index (Phi) is 4.94. The van der Waals surface area contributed by atoms with E-state index in [2.05, 4.69) is 14.9 Å². The normalized spacial score (nSPS) is 12.0. The molecule has 0 aliphatic rings. The van der Waals surface area contributed by atoms with Crippen LogP contribution in [0.4, 0.5) is 5.69 Å². The molecule has 0 amide bonds. The molecule has 0 saturated carbocycles. The molecule has 2 heterocycles. The molecular weight excluding hydrogens is 378 g/mol. The van der Waals surface area contributed by atoms with E-state index in [1.54, 1.807) is 36.6 Å². The first kappa shape index (κ1) is 18.3. The summed E-state index contributed by atoms with van der Waals surface area (Å²) in [6.45, 7) is 3.35. The molecule has 1 N–H and O–H groups in total. The van der Waals surface area contributed by atoms with Gasteiger partial charge in [-0.3, -0.25) is 14.5 Å². The molecule has 3 aromatic rings. The van der Waals surface area contributed by atoms with E-state index in [0.29, 0.717) is 10.8 Å². The van der Waals surface area contributed by atoms with Crippen LogP contribution in [0.1, 0.15) is 13.8 Å². The number of hydrogen-bond donors (Lipinski definition) is 1. The van der Waals surface area contributed by atoms with Crippen molar-refractivity contribution in [2.75, 3.05) is 0 Å². The van der Waals surface area contributed by atoms with Crippen LogP contribution >= 0.6 is 11.8 Å². The van der Waals surface area contributed by atoms with Crippen molar-refractivity contribution >= 4 is 33.1 Å². The van der Waals surface area contributed by atoms with E-state index in [9.17, 15) is 18.5 Å². The second-order valence-corrected chi connectivity index (χ2v) is 8.40. The van der Waals surface area contributed by atoms with E-state index in [1.807, 2.05) is 6.07 Å². The lowest BCUT2D eigenvalue weighted by molar-refractivity contribution is -0.388. The second kappa shape index (κ2) is 7.02. The Hall–Kier alpha value is -2.50. The van der Waals surface area contributed by atoms with E-state index >= 15 is 0 Å². The molecule has 0 unspecified atom stereocenters. The predicted molar refractivity (Wildman–Crippen MR) is 95.7 cm³/mol. The highest BCUT2D eigenvalue weighted by molar-refractivity contribution is 7.99. The first-order valence-corrected chi connectivity index (χ1v) is 9.86. The molecule has 0 saturated heterocycles. The third kappa shape index (κ3) is 3.69. The highest BCUT2D eigenvalue weighted by Gasteiger charge is 2.23. The van der Waals surface area contributed by atoms with Gasteiger partial charge in [0.05, 0.1) is 14.7 Å². The maximum absolute atomic E-state index is 12.3. The zero-order valence-corrected chi connectivity index (χ0v) is 15.5. The standard InChI is InChI=1S/C15H15N5O4S2/c1-10(2)18-26(23,24)11-6-7-13(12(9-11)20(21)22)25-15-17-16-14-5-3-4-8-19(14)15/h3-10,18H,1-2H3. The number of hydrogen-bond acceptors (Lipinski definition) is 7. The lowest BCUT2D eigenvalue weighted by Gasteiger charge is -2.10. The molecule has 0 fully saturated rings. The number of benzene rings is 1. The van der Waals surface area contributed by atoms with E-state index in [4.69, 9.17) is 0 Å². The van der Waals surface area contributed by atoms with Crippen molar-refractivity contribution < 1.29 is 13.3 Å². The number of sulfonamides is 1. The maximum Gasteiger partial charge on any atom is 0.284 e. The molecule has 0 aliphatic carbocycles. The number of nitrogens with one attached hydrogen (secondary N) is 1. The van der Waals surface area contributed by atoms with Crippen molar-refractivity contribution in [3.05, 3.63) is 52.7 Å². The summed E-state index contributed by atoms with van der Waals surface area (Å²) in [7, 11) is -3.83. The third-order valence-electron chi connectivity index (χ3n) is 3.31. The highest BCUT2D eigenvalue weighted by Crippen LogP contribution is 2.35. The Morgan fingerprint density at radius 2 is 2.00 bits per heavy atom. The molecule has 11 heteroatoms. The van der Waals surface area contributed by atoms with E-state index in [-0.39, 0.29) is 21.5 Å². The number of nitro groups is 1.